The maximum absolute atomic E-state index is 12.3. The van der Waals surface area contributed by atoms with Crippen molar-refractivity contribution >= 4 is 28.3 Å². The average Bonchev–Trinajstić information content (AvgIpc) is 2.96. The third-order valence-corrected chi connectivity index (χ3v) is 5.61. The second kappa shape index (κ2) is 13.6. The number of ether oxygens (including phenoxy) is 3. The number of methoxy groups -OCH3 is 1. The van der Waals surface area contributed by atoms with E-state index in [-0.39, 0.29) is 6.03 Å². The first kappa shape index (κ1) is 27.2. The van der Waals surface area contributed by atoms with E-state index in [1.165, 1.54) is 7.11 Å². The number of nitrogens with one attached hydrogen (secondary N) is 2. The van der Waals surface area contributed by atoms with Gasteiger partial charge in [0.05, 0.1) is 38.5 Å². The number of urea groups is 1. The zero-order valence-corrected chi connectivity index (χ0v) is 21.6. The summed E-state index contributed by atoms with van der Waals surface area (Å²) >= 11 is 0. The van der Waals surface area contributed by atoms with Crippen molar-refractivity contribution in [3.63, 3.8) is 0 Å². The van der Waals surface area contributed by atoms with E-state index in [9.17, 15) is 10.1 Å². The van der Waals surface area contributed by atoms with E-state index in [4.69, 9.17) is 19.1 Å². The summed E-state index contributed by atoms with van der Waals surface area (Å²) < 4.78 is 17.0. The Balaban J connectivity index is 1.39. The molecule has 1 heterocycles. The number of benzene rings is 3. The summed E-state index contributed by atoms with van der Waals surface area (Å²) in [5, 5.41) is 15.9. The highest BCUT2D eigenvalue weighted by Gasteiger charge is 2.12. The van der Waals surface area contributed by atoms with Crippen LogP contribution in [0.1, 0.15) is 18.4 Å². The topological polar surface area (TPSA) is 124 Å². The summed E-state index contributed by atoms with van der Waals surface area (Å²) in [6.45, 7) is 0.904. The number of rotatable bonds is 12. The molecule has 10 heteroatoms. The van der Waals surface area contributed by atoms with Crippen LogP contribution in [0.4, 0.5) is 16.2 Å². The number of nitriles is 1. The van der Waals surface area contributed by atoms with E-state index in [1.807, 2.05) is 0 Å². The predicted octanol–water partition coefficient (Wildman–Crippen LogP) is 6.29. The highest BCUT2D eigenvalue weighted by molar-refractivity contribution is 5.99. The fourth-order valence-corrected chi connectivity index (χ4v) is 3.67. The number of hydrogen-bond donors (Lipinski definition) is 2. The molecule has 1 aromatic heterocycles. The molecule has 0 aliphatic carbocycles. The number of fused-ring (bicyclic) bond motifs is 1. The quantitative estimate of drug-likeness (QED) is 0.125. The van der Waals surface area contributed by atoms with Crippen molar-refractivity contribution in [2.45, 2.75) is 12.8 Å². The van der Waals surface area contributed by atoms with Crippen LogP contribution in [0.25, 0.3) is 10.9 Å². The molecule has 4 rings (SSSR count). The van der Waals surface area contributed by atoms with Gasteiger partial charge in [0.2, 0.25) is 0 Å². The third-order valence-electron chi connectivity index (χ3n) is 5.61. The largest absolute Gasteiger partial charge is 0.497 e. The molecular formula is C29H28N4O6. The highest BCUT2D eigenvalue weighted by atomic mass is 17.2. The Morgan fingerprint density at radius 2 is 1.54 bits per heavy atom. The van der Waals surface area contributed by atoms with Gasteiger partial charge in [-0.1, -0.05) is 0 Å². The van der Waals surface area contributed by atoms with E-state index in [0.717, 1.165) is 12.8 Å². The van der Waals surface area contributed by atoms with Gasteiger partial charge in [-0.25, -0.2) is 14.6 Å². The molecule has 0 radical (unpaired) electrons. The maximum atomic E-state index is 12.3. The van der Waals surface area contributed by atoms with Crippen LogP contribution in [0, 0.1) is 11.3 Å². The van der Waals surface area contributed by atoms with Gasteiger partial charge in [-0.05, 0) is 73.5 Å². The number of carbonyl (C=O) groups excluding carboxylic acids is 1. The molecule has 0 atom stereocenters. The molecule has 0 spiro atoms. The van der Waals surface area contributed by atoms with Crippen molar-refractivity contribution in [3.05, 3.63) is 78.5 Å². The molecule has 39 heavy (non-hydrogen) atoms. The molecule has 0 aliphatic heterocycles. The lowest BCUT2D eigenvalue weighted by molar-refractivity contribution is -0.272. The van der Waals surface area contributed by atoms with Crippen molar-refractivity contribution < 1.29 is 28.8 Å². The van der Waals surface area contributed by atoms with Gasteiger partial charge in [0.15, 0.2) is 0 Å². The van der Waals surface area contributed by atoms with Crippen molar-refractivity contribution in [1.29, 1.82) is 5.26 Å². The fourth-order valence-electron chi connectivity index (χ4n) is 3.67. The van der Waals surface area contributed by atoms with Crippen molar-refractivity contribution in [2.75, 3.05) is 38.1 Å². The van der Waals surface area contributed by atoms with Gasteiger partial charge in [0.25, 0.3) is 0 Å². The first-order valence-electron chi connectivity index (χ1n) is 12.2. The summed E-state index contributed by atoms with van der Waals surface area (Å²) in [7, 11) is 3.05. The van der Waals surface area contributed by atoms with E-state index >= 15 is 0 Å². The van der Waals surface area contributed by atoms with Crippen LogP contribution < -0.4 is 24.8 Å². The van der Waals surface area contributed by atoms with Crippen LogP contribution in [0.2, 0.25) is 0 Å². The van der Waals surface area contributed by atoms with Crippen molar-refractivity contribution in [2.24, 2.45) is 0 Å². The summed E-state index contributed by atoms with van der Waals surface area (Å²) in [4.78, 5) is 26.2. The van der Waals surface area contributed by atoms with E-state index < -0.39 is 0 Å². The van der Waals surface area contributed by atoms with Crippen LogP contribution in [0.3, 0.4) is 0 Å². The Kier molecular flexibility index (Phi) is 9.50. The molecule has 2 N–H and O–H groups in total. The molecule has 4 aromatic rings. The van der Waals surface area contributed by atoms with E-state index in [1.54, 1.807) is 80.0 Å². The standard InChI is InChI=1S/C29H28N4O6/c1-35-23-9-5-21(6-10-23)32-29(34)33-22-7-11-24(12-8-22)39-27-13-14-31-26-18-28(20(19-30)17-25(26)27)37-15-3-4-16-38-36-2/h5-14,17-18H,3-4,15-16H2,1-2H3,(H2,32,33,34). The smallest absolute Gasteiger partial charge is 0.323 e. The maximum Gasteiger partial charge on any atom is 0.323 e. The number of anilines is 2. The highest BCUT2D eigenvalue weighted by Crippen LogP contribution is 2.33. The predicted molar refractivity (Wildman–Crippen MR) is 146 cm³/mol. The van der Waals surface area contributed by atoms with Crippen molar-refractivity contribution in [3.8, 4) is 29.1 Å². The lowest BCUT2D eigenvalue weighted by Crippen LogP contribution is -2.19. The Morgan fingerprint density at radius 1 is 0.872 bits per heavy atom. The number of hydrogen-bond acceptors (Lipinski definition) is 8. The lowest BCUT2D eigenvalue weighted by Gasteiger charge is -2.13. The van der Waals surface area contributed by atoms with Crippen LogP contribution in [-0.4, -0.2) is 38.4 Å². The minimum absolute atomic E-state index is 0.376. The summed E-state index contributed by atoms with van der Waals surface area (Å²) in [5.41, 5.74) is 2.25. The SMILES string of the molecule is COOCCCCOc1cc2nccc(Oc3ccc(NC(=O)Nc4ccc(OC)cc4)cc3)c2cc1C#N. The second-order valence-corrected chi connectivity index (χ2v) is 8.26. The number of pyridine rings is 1. The monoisotopic (exact) mass is 528 g/mol. The average molecular weight is 529 g/mol. The van der Waals surface area contributed by atoms with Crippen LogP contribution >= 0.6 is 0 Å². The number of carbonyl (C=O) groups is 1. The molecule has 0 aliphatic rings. The second-order valence-electron chi connectivity index (χ2n) is 8.26. The Hall–Kier alpha value is -4.85. The summed E-state index contributed by atoms with van der Waals surface area (Å²) in [6, 6.07) is 21.0. The molecule has 0 saturated heterocycles. The number of aromatic nitrogens is 1. The van der Waals surface area contributed by atoms with Gasteiger partial charge in [0, 0.05) is 29.0 Å². The molecule has 0 saturated carbocycles. The molecule has 200 valence electrons. The Morgan fingerprint density at radius 3 is 2.18 bits per heavy atom. The lowest BCUT2D eigenvalue weighted by atomic mass is 10.1. The Bertz CT molecular complexity index is 1440. The molecule has 2 amide bonds. The van der Waals surface area contributed by atoms with Gasteiger partial charge in [0.1, 0.15) is 29.1 Å². The normalized spacial score (nSPS) is 10.5. The van der Waals surface area contributed by atoms with Gasteiger partial charge in [-0.2, -0.15) is 5.26 Å². The minimum atomic E-state index is -0.376. The summed E-state index contributed by atoms with van der Waals surface area (Å²) in [6.07, 6.45) is 3.15. The summed E-state index contributed by atoms with van der Waals surface area (Å²) in [5.74, 6) is 2.26. The van der Waals surface area contributed by atoms with Crippen molar-refractivity contribution in [1.82, 2.24) is 4.98 Å². The zero-order valence-electron chi connectivity index (χ0n) is 21.6. The molecule has 10 nitrogen and oxygen atoms in total. The van der Waals surface area contributed by atoms with Gasteiger partial charge in [-0.15, -0.1) is 0 Å². The molecule has 3 aromatic carbocycles. The van der Waals surface area contributed by atoms with Crippen LogP contribution in [-0.2, 0) is 9.78 Å². The minimum Gasteiger partial charge on any atom is -0.497 e. The third kappa shape index (κ3) is 7.58. The van der Waals surface area contributed by atoms with E-state index in [0.29, 0.717) is 64.1 Å². The van der Waals surface area contributed by atoms with E-state index in [2.05, 4.69) is 26.6 Å². The molecule has 0 unspecified atom stereocenters. The van der Waals surface area contributed by atoms with Gasteiger partial charge in [-0.3, -0.25) is 4.98 Å². The van der Waals surface area contributed by atoms with Gasteiger partial charge < -0.3 is 24.8 Å². The molecule has 0 bridgehead atoms. The number of nitrogens with zero attached hydrogens (tertiary/aromatic N) is 2. The Labute approximate surface area is 226 Å². The molecule has 0 fully saturated rings. The van der Waals surface area contributed by atoms with Crippen LogP contribution in [0.5, 0.6) is 23.0 Å². The fraction of sp³-hybridized carbons (Fsp3) is 0.207. The first-order valence-corrected chi connectivity index (χ1v) is 12.2. The first-order chi connectivity index (χ1) is 19.1. The molecular weight excluding hydrogens is 500 g/mol. The van der Waals surface area contributed by atoms with Crippen LogP contribution in [0.15, 0.2) is 72.9 Å². The zero-order chi connectivity index (χ0) is 27.5. The van der Waals surface area contributed by atoms with Gasteiger partial charge >= 0.3 is 6.03 Å². The number of amides is 2. The number of unbranched alkanes of at least 4 members (excludes halogenated alkanes) is 1.